The number of carbonyl (C=O) groups is 1. The van der Waals surface area contributed by atoms with Gasteiger partial charge >= 0.3 is 0 Å². The summed E-state index contributed by atoms with van der Waals surface area (Å²) in [5, 5.41) is 2.84. The number of hydrogen-bond acceptors (Lipinski definition) is 5. The van der Waals surface area contributed by atoms with Gasteiger partial charge in [0.1, 0.15) is 5.75 Å². The van der Waals surface area contributed by atoms with Gasteiger partial charge in [-0.3, -0.25) is 4.79 Å². The zero-order valence-electron chi connectivity index (χ0n) is 16.2. The Morgan fingerprint density at radius 3 is 2.15 bits per heavy atom. The van der Waals surface area contributed by atoms with Crippen molar-refractivity contribution in [2.24, 2.45) is 0 Å². The van der Waals surface area contributed by atoms with Crippen molar-refractivity contribution in [3.63, 3.8) is 0 Å². The molecule has 1 aromatic heterocycles. The Kier molecular flexibility index (Phi) is 5.26. The number of aryl methyl sites for hydroxylation is 2. The Hall–Kier alpha value is -3.15. The minimum Gasteiger partial charge on any atom is -0.497 e. The standard InChI is InChI=1S/C21H23N3O3/c1-12(2)27-21-19(20(25)22-15-6-8-16(26-5)9-7-15)23-17-10-13(3)14(4)11-18(17)24-21/h6-12H,1-5H3,(H,22,25). The predicted molar refractivity (Wildman–Crippen MR) is 106 cm³/mol. The van der Waals surface area contributed by atoms with Gasteiger partial charge in [0.15, 0.2) is 5.69 Å². The smallest absolute Gasteiger partial charge is 0.279 e. The molecule has 1 heterocycles. The number of ether oxygens (including phenoxy) is 2. The van der Waals surface area contributed by atoms with Gasteiger partial charge in [0, 0.05) is 5.69 Å². The third kappa shape index (κ3) is 4.16. The van der Waals surface area contributed by atoms with Crippen LogP contribution in [0.1, 0.15) is 35.5 Å². The average molecular weight is 365 g/mol. The monoisotopic (exact) mass is 365 g/mol. The number of rotatable bonds is 5. The molecule has 1 N–H and O–H groups in total. The Bertz CT molecular complexity index is 982. The van der Waals surface area contributed by atoms with Gasteiger partial charge in [-0.05, 0) is 75.2 Å². The first-order chi connectivity index (χ1) is 12.9. The van der Waals surface area contributed by atoms with E-state index in [1.54, 1.807) is 31.4 Å². The van der Waals surface area contributed by atoms with E-state index in [4.69, 9.17) is 9.47 Å². The molecule has 3 rings (SSSR count). The van der Waals surface area contributed by atoms with E-state index in [-0.39, 0.29) is 23.6 Å². The van der Waals surface area contributed by atoms with E-state index < -0.39 is 0 Å². The topological polar surface area (TPSA) is 73.3 Å². The van der Waals surface area contributed by atoms with Gasteiger partial charge in [-0.25, -0.2) is 9.97 Å². The molecule has 2 aromatic carbocycles. The zero-order valence-corrected chi connectivity index (χ0v) is 16.2. The fourth-order valence-corrected chi connectivity index (χ4v) is 2.61. The molecule has 0 aliphatic heterocycles. The van der Waals surface area contributed by atoms with Gasteiger partial charge in [-0.2, -0.15) is 0 Å². The van der Waals surface area contributed by atoms with Crippen LogP contribution < -0.4 is 14.8 Å². The van der Waals surface area contributed by atoms with E-state index in [0.29, 0.717) is 22.5 Å². The third-order valence-corrected chi connectivity index (χ3v) is 4.16. The molecule has 6 nitrogen and oxygen atoms in total. The van der Waals surface area contributed by atoms with Gasteiger partial charge in [0.25, 0.3) is 5.91 Å². The number of hydrogen-bond donors (Lipinski definition) is 1. The van der Waals surface area contributed by atoms with E-state index in [0.717, 1.165) is 11.1 Å². The molecule has 0 unspecified atom stereocenters. The highest BCUT2D eigenvalue weighted by Crippen LogP contribution is 2.24. The number of nitrogens with zero attached hydrogens (tertiary/aromatic N) is 2. The number of anilines is 1. The lowest BCUT2D eigenvalue weighted by molar-refractivity contribution is 0.101. The van der Waals surface area contributed by atoms with Crippen molar-refractivity contribution in [3.05, 3.63) is 53.2 Å². The van der Waals surface area contributed by atoms with Crippen LogP contribution in [0.15, 0.2) is 36.4 Å². The Morgan fingerprint density at radius 1 is 1.00 bits per heavy atom. The second-order valence-electron chi connectivity index (χ2n) is 6.65. The first-order valence-electron chi connectivity index (χ1n) is 8.78. The zero-order chi connectivity index (χ0) is 19.6. The lowest BCUT2D eigenvalue weighted by Gasteiger charge is -2.14. The molecule has 0 aliphatic carbocycles. The molecule has 0 radical (unpaired) electrons. The maximum absolute atomic E-state index is 12.8. The van der Waals surface area contributed by atoms with Crippen molar-refractivity contribution < 1.29 is 14.3 Å². The highest BCUT2D eigenvalue weighted by molar-refractivity contribution is 6.05. The van der Waals surface area contributed by atoms with E-state index >= 15 is 0 Å². The van der Waals surface area contributed by atoms with Gasteiger partial charge in [-0.15, -0.1) is 0 Å². The van der Waals surface area contributed by atoms with Crippen LogP contribution in [0.2, 0.25) is 0 Å². The SMILES string of the molecule is COc1ccc(NC(=O)c2nc3cc(C)c(C)cc3nc2OC(C)C)cc1. The minimum atomic E-state index is -0.372. The molecule has 0 saturated heterocycles. The second kappa shape index (κ2) is 7.61. The summed E-state index contributed by atoms with van der Waals surface area (Å²) in [6.45, 7) is 7.80. The summed E-state index contributed by atoms with van der Waals surface area (Å²) in [5.74, 6) is 0.573. The predicted octanol–water partition coefficient (Wildman–Crippen LogP) is 4.29. The van der Waals surface area contributed by atoms with Crippen LogP contribution in [0.4, 0.5) is 5.69 Å². The Labute approximate surface area is 158 Å². The first kappa shape index (κ1) is 18.6. The molecule has 0 spiro atoms. The number of methoxy groups -OCH3 is 1. The number of carbonyl (C=O) groups excluding carboxylic acids is 1. The summed E-state index contributed by atoms with van der Waals surface area (Å²) in [7, 11) is 1.59. The molecule has 0 saturated carbocycles. The van der Waals surface area contributed by atoms with Crippen LogP contribution in [-0.2, 0) is 0 Å². The van der Waals surface area contributed by atoms with Crippen LogP contribution in [0.25, 0.3) is 11.0 Å². The molecule has 27 heavy (non-hydrogen) atoms. The normalized spacial score (nSPS) is 10.9. The van der Waals surface area contributed by atoms with Crippen LogP contribution in [0.5, 0.6) is 11.6 Å². The second-order valence-corrected chi connectivity index (χ2v) is 6.65. The first-order valence-corrected chi connectivity index (χ1v) is 8.78. The molecule has 3 aromatic rings. The molecule has 6 heteroatoms. The minimum absolute atomic E-state index is 0.129. The largest absolute Gasteiger partial charge is 0.497 e. The summed E-state index contributed by atoms with van der Waals surface area (Å²) in [5.41, 5.74) is 4.37. The molecule has 0 fully saturated rings. The summed E-state index contributed by atoms with van der Waals surface area (Å²) < 4.78 is 10.9. The highest BCUT2D eigenvalue weighted by Gasteiger charge is 2.19. The number of aromatic nitrogens is 2. The molecular weight excluding hydrogens is 342 g/mol. The average Bonchev–Trinajstić information content (AvgIpc) is 2.62. The van der Waals surface area contributed by atoms with E-state index in [1.165, 1.54) is 0 Å². The Balaban J connectivity index is 2.00. The number of nitrogens with one attached hydrogen (secondary N) is 1. The summed E-state index contributed by atoms with van der Waals surface area (Å²) in [6.07, 6.45) is -0.129. The fraction of sp³-hybridized carbons (Fsp3) is 0.286. The van der Waals surface area contributed by atoms with Crippen molar-refractivity contribution in [1.82, 2.24) is 9.97 Å². The fourth-order valence-electron chi connectivity index (χ4n) is 2.61. The number of fused-ring (bicyclic) bond motifs is 1. The van der Waals surface area contributed by atoms with Crippen LogP contribution in [-0.4, -0.2) is 29.1 Å². The quantitative estimate of drug-likeness (QED) is 0.730. The van der Waals surface area contributed by atoms with Crippen molar-refractivity contribution in [2.45, 2.75) is 33.8 Å². The van der Waals surface area contributed by atoms with Gasteiger partial charge in [0.05, 0.1) is 24.2 Å². The molecule has 0 atom stereocenters. The van der Waals surface area contributed by atoms with Crippen molar-refractivity contribution in [1.29, 1.82) is 0 Å². The van der Waals surface area contributed by atoms with E-state index in [9.17, 15) is 4.79 Å². The molecule has 140 valence electrons. The van der Waals surface area contributed by atoms with E-state index in [1.807, 2.05) is 39.8 Å². The maximum Gasteiger partial charge on any atom is 0.279 e. The maximum atomic E-state index is 12.8. The Morgan fingerprint density at radius 2 is 1.59 bits per heavy atom. The number of amides is 1. The molecule has 0 aliphatic rings. The van der Waals surface area contributed by atoms with Crippen LogP contribution in [0.3, 0.4) is 0 Å². The highest BCUT2D eigenvalue weighted by atomic mass is 16.5. The summed E-state index contributed by atoms with van der Waals surface area (Å²) in [6, 6.07) is 11.0. The van der Waals surface area contributed by atoms with Crippen LogP contribution >= 0.6 is 0 Å². The van der Waals surface area contributed by atoms with Crippen molar-refractivity contribution >= 4 is 22.6 Å². The lowest BCUT2D eigenvalue weighted by atomic mass is 10.1. The summed E-state index contributed by atoms with van der Waals surface area (Å²) >= 11 is 0. The van der Waals surface area contributed by atoms with Crippen molar-refractivity contribution in [3.8, 4) is 11.6 Å². The van der Waals surface area contributed by atoms with Crippen LogP contribution in [0, 0.1) is 13.8 Å². The summed E-state index contributed by atoms with van der Waals surface area (Å²) in [4.78, 5) is 21.9. The van der Waals surface area contributed by atoms with E-state index in [2.05, 4.69) is 15.3 Å². The third-order valence-electron chi connectivity index (χ3n) is 4.16. The van der Waals surface area contributed by atoms with Crippen molar-refractivity contribution in [2.75, 3.05) is 12.4 Å². The van der Waals surface area contributed by atoms with Gasteiger partial charge in [0.2, 0.25) is 5.88 Å². The van der Waals surface area contributed by atoms with Gasteiger partial charge < -0.3 is 14.8 Å². The molecule has 1 amide bonds. The number of benzene rings is 2. The lowest BCUT2D eigenvalue weighted by Crippen LogP contribution is -2.18. The molecular formula is C21H23N3O3. The van der Waals surface area contributed by atoms with Gasteiger partial charge in [-0.1, -0.05) is 0 Å². The molecule has 0 bridgehead atoms.